The van der Waals surface area contributed by atoms with Gasteiger partial charge in [0.1, 0.15) is 24.4 Å². The molecule has 0 saturated carbocycles. The summed E-state index contributed by atoms with van der Waals surface area (Å²) in [6.07, 6.45) is 0.100. The fourth-order valence-corrected chi connectivity index (χ4v) is 4.06. The number of carbonyl (C=O) groups excluding carboxylic acids is 5. The third-order valence-corrected chi connectivity index (χ3v) is 6.35. The molecule has 6 N–H and O–H groups in total. The molecular formula is C35H67N5O14. The first-order valence-corrected chi connectivity index (χ1v) is 18.4. The number of hydroxylamine groups is 2. The maximum Gasteiger partial charge on any atom is 0.444 e. The molecule has 19 nitrogen and oxygen atoms in total. The van der Waals surface area contributed by atoms with Gasteiger partial charge in [-0.3, -0.25) is 19.2 Å². The number of unbranched alkanes of at least 4 members (excludes halogenated alkanes) is 1. The normalized spacial score (nSPS) is 12.2. The molecule has 4 amide bonds. The number of hydrogen-bond acceptors (Lipinski definition) is 16. The molecule has 0 aliphatic rings. The van der Waals surface area contributed by atoms with Crippen LogP contribution in [0, 0.1) is 0 Å². The van der Waals surface area contributed by atoms with E-state index in [0.717, 1.165) is 0 Å². The molecule has 0 aromatic rings. The molecule has 0 unspecified atom stereocenters. The molecule has 0 saturated heterocycles. The number of rotatable bonds is 32. The number of imide groups is 1. The summed E-state index contributed by atoms with van der Waals surface area (Å²) in [6.45, 7) is 13.4. The van der Waals surface area contributed by atoms with Gasteiger partial charge in [-0.05, 0) is 67.2 Å². The van der Waals surface area contributed by atoms with Crippen molar-refractivity contribution in [3.05, 3.63) is 0 Å². The summed E-state index contributed by atoms with van der Waals surface area (Å²) < 4.78 is 42.5. The average Bonchev–Trinajstić information content (AvgIpc) is 3.07. The van der Waals surface area contributed by atoms with Crippen LogP contribution < -0.4 is 22.1 Å². The van der Waals surface area contributed by atoms with Crippen molar-refractivity contribution in [2.24, 2.45) is 11.5 Å². The predicted molar refractivity (Wildman–Crippen MR) is 196 cm³/mol. The van der Waals surface area contributed by atoms with Gasteiger partial charge in [-0.25, -0.2) is 9.59 Å². The van der Waals surface area contributed by atoms with E-state index in [-0.39, 0.29) is 77.6 Å². The highest BCUT2D eigenvalue weighted by atomic mass is 16.8. The van der Waals surface area contributed by atoms with E-state index in [1.54, 1.807) is 41.5 Å². The minimum absolute atomic E-state index is 0.0400. The smallest absolute Gasteiger partial charge is 0.442 e. The lowest BCUT2D eigenvalue weighted by molar-refractivity contribution is -0.148. The molecule has 54 heavy (non-hydrogen) atoms. The van der Waals surface area contributed by atoms with Crippen LogP contribution in [0.3, 0.4) is 0 Å². The number of Topliss-reactive ketones (excluding diaryl/α,β-unsaturated/α-hetero) is 1. The van der Waals surface area contributed by atoms with Crippen molar-refractivity contribution in [1.82, 2.24) is 15.7 Å². The minimum atomic E-state index is -1.01. The first-order valence-electron chi connectivity index (χ1n) is 18.4. The zero-order valence-electron chi connectivity index (χ0n) is 33.2. The predicted octanol–water partition coefficient (Wildman–Crippen LogP) is 1.23. The molecule has 0 heterocycles. The summed E-state index contributed by atoms with van der Waals surface area (Å²) in [5.74, 6) is -0.838. The standard InChI is InChI=1S/C35H67N5O14/c1-34(2,3)53-32(44)40(33(45)54-35(4,5)6)52-25-24-49-19-18-46-15-9-11-29(41)28(39-31(43)27-51-23-21-48-17-13-37)10-7-8-14-38-30(42)26-50-22-20-47-16-12-36/h28H,7-27,36-37H2,1-6H3,(H,38,42)(H,39,43)/t28-/m0/s1. The van der Waals surface area contributed by atoms with E-state index in [1.165, 1.54) is 0 Å². The van der Waals surface area contributed by atoms with E-state index in [1.807, 2.05) is 0 Å². The summed E-state index contributed by atoms with van der Waals surface area (Å²) in [7, 11) is 0. The van der Waals surface area contributed by atoms with Crippen molar-refractivity contribution in [2.75, 3.05) is 106 Å². The molecule has 0 radical (unpaired) electrons. The highest BCUT2D eigenvalue weighted by molar-refractivity contribution is 5.89. The highest BCUT2D eigenvalue weighted by Crippen LogP contribution is 2.15. The Morgan fingerprint density at radius 2 is 1.04 bits per heavy atom. The number of ketones is 1. The molecule has 0 aromatic carbocycles. The number of amides is 4. The maximum atomic E-state index is 13.1. The first-order chi connectivity index (χ1) is 25.6. The second-order valence-corrected chi connectivity index (χ2v) is 13.8. The molecular weight excluding hydrogens is 714 g/mol. The number of nitrogens with two attached hydrogens (primary N) is 2. The number of nitrogens with one attached hydrogen (secondary N) is 2. The van der Waals surface area contributed by atoms with Gasteiger partial charge in [0.15, 0.2) is 5.78 Å². The molecule has 0 bridgehead atoms. The first kappa shape index (κ1) is 51.0. The van der Waals surface area contributed by atoms with Crippen molar-refractivity contribution in [3.8, 4) is 0 Å². The Balaban J connectivity index is 4.59. The van der Waals surface area contributed by atoms with Gasteiger partial charge in [0, 0.05) is 32.7 Å². The fourth-order valence-electron chi connectivity index (χ4n) is 4.06. The summed E-state index contributed by atoms with van der Waals surface area (Å²) in [5, 5.41) is 5.95. The summed E-state index contributed by atoms with van der Waals surface area (Å²) >= 11 is 0. The molecule has 316 valence electrons. The third-order valence-electron chi connectivity index (χ3n) is 6.35. The van der Waals surface area contributed by atoms with Crippen LogP contribution in [0.2, 0.25) is 0 Å². The SMILES string of the molecule is CC(C)(C)OC(=O)N(OCCOCCOCCCC(=O)[C@H](CCCCNC(=O)COCCOCCN)NC(=O)COCCOCCN)C(=O)OC(C)(C)C. The van der Waals surface area contributed by atoms with E-state index < -0.39 is 35.3 Å². The minimum Gasteiger partial charge on any atom is -0.442 e. The number of nitrogens with zero attached hydrogens (tertiary/aromatic N) is 1. The fraction of sp³-hybridized carbons (Fsp3) is 0.857. The quantitative estimate of drug-likeness (QED) is 0.0554. The topological polar surface area (TPSA) is 248 Å². The number of hydrogen-bond donors (Lipinski definition) is 4. The third kappa shape index (κ3) is 31.4. The lowest BCUT2D eigenvalue weighted by atomic mass is 10.0. The Morgan fingerprint density at radius 1 is 0.574 bits per heavy atom. The van der Waals surface area contributed by atoms with Crippen LogP contribution in [-0.2, 0) is 57.1 Å². The van der Waals surface area contributed by atoms with E-state index >= 15 is 0 Å². The Kier molecular flexibility index (Phi) is 29.5. The van der Waals surface area contributed by atoms with Crippen LogP contribution in [0.15, 0.2) is 0 Å². The van der Waals surface area contributed by atoms with Gasteiger partial charge in [0.2, 0.25) is 11.8 Å². The van der Waals surface area contributed by atoms with Crippen LogP contribution in [0.5, 0.6) is 0 Å². The molecule has 0 aromatic heterocycles. The van der Waals surface area contributed by atoms with E-state index in [2.05, 4.69) is 10.6 Å². The van der Waals surface area contributed by atoms with Gasteiger partial charge in [-0.15, -0.1) is 0 Å². The van der Waals surface area contributed by atoms with Crippen LogP contribution >= 0.6 is 0 Å². The van der Waals surface area contributed by atoms with Gasteiger partial charge in [-0.2, -0.15) is 0 Å². The van der Waals surface area contributed by atoms with Crippen molar-refractivity contribution < 1.29 is 66.7 Å². The highest BCUT2D eigenvalue weighted by Gasteiger charge is 2.32. The summed E-state index contributed by atoms with van der Waals surface area (Å²) in [4.78, 5) is 67.8. The lowest BCUT2D eigenvalue weighted by Crippen LogP contribution is -2.44. The van der Waals surface area contributed by atoms with Crippen molar-refractivity contribution in [3.63, 3.8) is 0 Å². The Morgan fingerprint density at radius 3 is 1.56 bits per heavy atom. The van der Waals surface area contributed by atoms with Crippen molar-refractivity contribution in [2.45, 2.75) is 90.9 Å². The Labute approximate surface area is 319 Å². The van der Waals surface area contributed by atoms with Gasteiger partial charge in [0.25, 0.3) is 0 Å². The molecule has 0 aliphatic heterocycles. The van der Waals surface area contributed by atoms with E-state index in [4.69, 9.17) is 54.2 Å². The second-order valence-electron chi connectivity index (χ2n) is 13.8. The number of ether oxygens (including phenoxy) is 8. The number of carbonyl (C=O) groups is 5. The molecule has 19 heteroatoms. The van der Waals surface area contributed by atoms with Crippen LogP contribution in [0.4, 0.5) is 9.59 Å². The van der Waals surface area contributed by atoms with Gasteiger partial charge in [0.05, 0.1) is 72.1 Å². The molecule has 0 fully saturated rings. The van der Waals surface area contributed by atoms with Gasteiger partial charge < -0.3 is 60.0 Å². The van der Waals surface area contributed by atoms with Crippen LogP contribution in [0.1, 0.15) is 73.6 Å². The summed E-state index contributed by atoms with van der Waals surface area (Å²) in [5.41, 5.74) is 9.00. The molecule has 0 aliphatic carbocycles. The van der Waals surface area contributed by atoms with Crippen molar-refractivity contribution in [1.29, 1.82) is 0 Å². The van der Waals surface area contributed by atoms with Crippen molar-refractivity contribution >= 4 is 29.8 Å². The second kappa shape index (κ2) is 31.2. The van der Waals surface area contributed by atoms with E-state index in [0.29, 0.717) is 76.8 Å². The lowest BCUT2D eigenvalue weighted by Gasteiger charge is -2.27. The van der Waals surface area contributed by atoms with Crippen LogP contribution in [0.25, 0.3) is 0 Å². The van der Waals surface area contributed by atoms with Crippen LogP contribution in [-0.4, -0.2) is 158 Å². The average molecular weight is 782 g/mol. The van der Waals surface area contributed by atoms with E-state index in [9.17, 15) is 24.0 Å². The Hall–Kier alpha value is -3.01. The molecule has 0 spiro atoms. The van der Waals surface area contributed by atoms with Gasteiger partial charge in [-0.1, -0.05) is 5.06 Å². The molecule has 0 rings (SSSR count). The maximum absolute atomic E-state index is 13.1. The van der Waals surface area contributed by atoms with Gasteiger partial charge >= 0.3 is 12.2 Å². The summed E-state index contributed by atoms with van der Waals surface area (Å²) in [6, 6.07) is -0.730. The monoisotopic (exact) mass is 781 g/mol. The largest absolute Gasteiger partial charge is 0.444 e. The zero-order valence-corrected chi connectivity index (χ0v) is 33.2. The Bertz CT molecular complexity index is 1010. The molecule has 1 atom stereocenters. The zero-order chi connectivity index (χ0) is 40.7.